The number of rotatable bonds is 3. The highest BCUT2D eigenvalue weighted by Crippen LogP contribution is 2.24. The van der Waals surface area contributed by atoms with Crippen molar-refractivity contribution in [2.24, 2.45) is 11.7 Å². The number of carbonyl (C=O) groups is 2. The molecule has 1 amide bonds. The van der Waals surface area contributed by atoms with Gasteiger partial charge in [0.15, 0.2) is 0 Å². The number of primary amides is 1. The standard InChI is InChI=1S/C7H12O.C4H9NO/c1-6(8)7-4-2-3-5-7;1-2-3-4(5)6/h7H,2-5H2,1H3;2-3H2,1H3,(H2,5,6). The number of hydrogen-bond acceptors (Lipinski definition) is 2. The molecule has 2 N–H and O–H groups in total. The molecule has 3 heteroatoms. The average Bonchev–Trinajstić information content (AvgIpc) is 2.56. The van der Waals surface area contributed by atoms with Crippen LogP contribution in [-0.4, -0.2) is 11.7 Å². The zero-order chi connectivity index (χ0) is 11.0. The third-order valence-corrected chi connectivity index (χ3v) is 2.43. The summed E-state index contributed by atoms with van der Waals surface area (Å²) in [5, 5.41) is 0. The van der Waals surface area contributed by atoms with Gasteiger partial charge in [0, 0.05) is 12.3 Å². The third-order valence-electron chi connectivity index (χ3n) is 2.43. The Morgan fingerprint density at radius 2 is 1.79 bits per heavy atom. The Kier molecular flexibility index (Phi) is 7.07. The van der Waals surface area contributed by atoms with Gasteiger partial charge in [-0.05, 0) is 26.2 Å². The Bertz CT molecular complexity index is 184. The van der Waals surface area contributed by atoms with Gasteiger partial charge in [0.1, 0.15) is 5.78 Å². The Morgan fingerprint density at radius 3 is 1.93 bits per heavy atom. The van der Waals surface area contributed by atoms with E-state index in [1.54, 1.807) is 6.92 Å². The zero-order valence-corrected chi connectivity index (χ0v) is 9.21. The molecule has 0 atom stereocenters. The molecule has 1 aliphatic carbocycles. The highest BCUT2D eigenvalue weighted by Gasteiger charge is 2.18. The molecule has 14 heavy (non-hydrogen) atoms. The van der Waals surface area contributed by atoms with Gasteiger partial charge < -0.3 is 5.73 Å². The van der Waals surface area contributed by atoms with E-state index in [-0.39, 0.29) is 5.91 Å². The lowest BCUT2D eigenvalue weighted by Gasteiger charge is -1.99. The summed E-state index contributed by atoms with van der Waals surface area (Å²) in [4.78, 5) is 20.5. The van der Waals surface area contributed by atoms with Crippen LogP contribution < -0.4 is 5.73 Å². The second-order valence-electron chi connectivity index (χ2n) is 3.81. The van der Waals surface area contributed by atoms with Crippen molar-refractivity contribution in [2.45, 2.75) is 52.4 Å². The lowest BCUT2D eigenvalue weighted by atomic mass is 10.0. The second kappa shape index (κ2) is 7.54. The number of nitrogens with two attached hydrogens (primary N) is 1. The molecule has 0 heterocycles. The normalized spacial score (nSPS) is 15.9. The highest BCUT2D eigenvalue weighted by molar-refractivity contribution is 5.78. The number of carbonyl (C=O) groups excluding carboxylic acids is 2. The molecule has 1 saturated carbocycles. The van der Waals surface area contributed by atoms with Crippen molar-refractivity contribution in [3.63, 3.8) is 0 Å². The van der Waals surface area contributed by atoms with Crippen LogP contribution in [0.15, 0.2) is 0 Å². The molecule has 0 aromatic heterocycles. The Balaban J connectivity index is 0.000000255. The summed E-state index contributed by atoms with van der Waals surface area (Å²) in [5.74, 6) is 0.606. The summed E-state index contributed by atoms with van der Waals surface area (Å²) in [6.45, 7) is 3.63. The number of hydrogen-bond donors (Lipinski definition) is 1. The first kappa shape index (κ1) is 13.1. The SMILES string of the molecule is CC(=O)C1CCCC1.CCCC(N)=O. The maximum atomic E-state index is 10.6. The third kappa shape index (κ3) is 6.63. The number of Topliss-reactive ketones (excluding diaryl/α,β-unsaturated/α-hetero) is 1. The minimum atomic E-state index is -0.211. The first-order valence-electron chi connectivity index (χ1n) is 5.36. The van der Waals surface area contributed by atoms with Gasteiger partial charge in [-0.2, -0.15) is 0 Å². The van der Waals surface area contributed by atoms with Crippen molar-refractivity contribution in [3.8, 4) is 0 Å². The van der Waals surface area contributed by atoms with Gasteiger partial charge in [0.25, 0.3) is 0 Å². The molecular weight excluding hydrogens is 178 g/mol. The van der Waals surface area contributed by atoms with Crippen LogP contribution in [0.4, 0.5) is 0 Å². The van der Waals surface area contributed by atoms with Crippen molar-refractivity contribution in [3.05, 3.63) is 0 Å². The fraction of sp³-hybridized carbons (Fsp3) is 0.818. The molecule has 0 saturated heterocycles. The van der Waals surface area contributed by atoms with E-state index in [2.05, 4.69) is 0 Å². The van der Waals surface area contributed by atoms with E-state index in [0.717, 1.165) is 19.3 Å². The molecule has 0 radical (unpaired) electrons. The second-order valence-corrected chi connectivity index (χ2v) is 3.81. The minimum absolute atomic E-state index is 0.211. The van der Waals surface area contributed by atoms with Crippen LogP contribution in [0, 0.1) is 5.92 Å². The number of amides is 1. The average molecular weight is 199 g/mol. The molecule has 0 spiro atoms. The monoisotopic (exact) mass is 199 g/mol. The summed E-state index contributed by atoms with van der Waals surface area (Å²) in [5.41, 5.74) is 4.76. The molecule has 1 rings (SSSR count). The first-order valence-corrected chi connectivity index (χ1v) is 5.36. The molecule has 82 valence electrons. The smallest absolute Gasteiger partial charge is 0.217 e. The molecule has 0 aromatic carbocycles. The summed E-state index contributed by atoms with van der Waals surface area (Å²) in [6.07, 6.45) is 6.20. The molecular formula is C11H21NO2. The van der Waals surface area contributed by atoms with Crippen LogP contribution in [0.25, 0.3) is 0 Å². The zero-order valence-electron chi connectivity index (χ0n) is 9.21. The first-order chi connectivity index (χ1) is 6.57. The minimum Gasteiger partial charge on any atom is -0.370 e. The van der Waals surface area contributed by atoms with Crippen LogP contribution in [0.1, 0.15) is 52.4 Å². The molecule has 3 nitrogen and oxygen atoms in total. The predicted molar refractivity (Wildman–Crippen MR) is 56.7 cm³/mol. The van der Waals surface area contributed by atoms with Gasteiger partial charge in [0.05, 0.1) is 0 Å². The van der Waals surface area contributed by atoms with E-state index in [4.69, 9.17) is 5.73 Å². The van der Waals surface area contributed by atoms with E-state index in [1.165, 1.54) is 12.8 Å². The van der Waals surface area contributed by atoms with Crippen molar-refractivity contribution in [1.82, 2.24) is 0 Å². The molecule has 1 aliphatic rings. The van der Waals surface area contributed by atoms with E-state index >= 15 is 0 Å². The number of ketones is 1. The summed E-state index contributed by atoms with van der Waals surface area (Å²) < 4.78 is 0. The van der Waals surface area contributed by atoms with Gasteiger partial charge in [-0.25, -0.2) is 0 Å². The quantitative estimate of drug-likeness (QED) is 0.756. The molecule has 0 aliphatic heterocycles. The van der Waals surface area contributed by atoms with Crippen molar-refractivity contribution < 1.29 is 9.59 Å². The van der Waals surface area contributed by atoms with Gasteiger partial charge in [-0.15, -0.1) is 0 Å². The maximum Gasteiger partial charge on any atom is 0.217 e. The fourth-order valence-electron chi connectivity index (χ4n) is 1.58. The Hall–Kier alpha value is -0.860. The Labute approximate surface area is 86.1 Å². The lowest BCUT2D eigenvalue weighted by Crippen LogP contribution is -2.08. The van der Waals surface area contributed by atoms with E-state index in [1.807, 2.05) is 6.92 Å². The van der Waals surface area contributed by atoms with Crippen LogP contribution >= 0.6 is 0 Å². The van der Waals surface area contributed by atoms with Gasteiger partial charge in [0.2, 0.25) is 5.91 Å². The highest BCUT2D eigenvalue weighted by atomic mass is 16.1. The molecule has 1 fully saturated rings. The van der Waals surface area contributed by atoms with Crippen LogP contribution in [-0.2, 0) is 9.59 Å². The van der Waals surface area contributed by atoms with Crippen LogP contribution in [0.2, 0.25) is 0 Å². The van der Waals surface area contributed by atoms with Gasteiger partial charge in [-0.3, -0.25) is 9.59 Å². The topological polar surface area (TPSA) is 60.2 Å². The molecule has 0 bridgehead atoms. The van der Waals surface area contributed by atoms with E-state index in [9.17, 15) is 9.59 Å². The van der Waals surface area contributed by atoms with Gasteiger partial charge in [-0.1, -0.05) is 19.8 Å². The Morgan fingerprint density at radius 1 is 1.29 bits per heavy atom. The van der Waals surface area contributed by atoms with E-state index < -0.39 is 0 Å². The van der Waals surface area contributed by atoms with Crippen molar-refractivity contribution in [2.75, 3.05) is 0 Å². The molecule has 0 aromatic rings. The van der Waals surface area contributed by atoms with Crippen LogP contribution in [0.3, 0.4) is 0 Å². The summed E-state index contributed by atoms with van der Waals surface area (Å²) in [6, 6.07) is 0. The lowest BCUT2D eigenvalue weighted by molar-refractivity contribution is -0.120. The molecule has 0 unspecified atom stereocenters. The summed E-state index contributed by atoms with van der Waals surface area (Å²) >= 11 is 0. The maximum absolute atomic E-state index is 10.6. The summed E-state index contributed by atoms with van der Waals surface area (Å²) in [7, 11) is 0. The fourth-order valence-corrected chi connectivity index (χ4v) is 1.58. The van der Waals surface area contributed by atoms with Gasteiger partial charge >= 0.3 is 0 Å². The largest absolute Gasteiger partial charge is 0.370 e. The van der Waals surface area contributed by atoms with Crippen molar-refractivity contribution >= 4 is 11.7 Å². The van der Waals surface area contributed by atoms with Crippen LogP contribution in [0.5, 0.6) is 0 Å². The van der Waals surface area contributed by atoms with E-state index in [0.29, 0.717) is 18.1 Å². The van der Waals surface area contributed by atoms with Crippen molar-refractivity contribution in [1.29, 1.82) is 0 Å². The predicted octanol–water partition coefficient (Wildman–Crippen LogP) is 2.04.